The lowest BCUT2D eigenvalue weighted by Gasteiger charge is -2.34. The first-order valence-corrected chi connectivity index (χ1v) is 7.44. The van der Waals surface area contributed by atoms with Gasteiger partial charge in [0, 0.05) is 18.2 Å². The maximum atomic E-state index is 11.2. The van der Waals surface area contributed by atoms with E-state index >= 15 is 0 Å². The second-order valence-corrected chi connectivity index (χ2v) is 5.76. The summed E-state index contributed by atoms with van der Waals surface area (Å²) >= 11 is 0. The number of likely N-dealkylation sites (tertiary alicyclic amines) is 1. The van der Waals surface area contributed by atoms with Crippen LogP contribution < -0.4 is 5.73 Å². The van der Waals surface area contributed by atoms with Gasteiger partial charge in [-0.3, -0.25) is 14.8 Å². The Kier molecular flexibility index (Phi) is 3.93. The number of rotatable bonds is 4. The van der Waals surface area contributed by atoms with Gasteiger partial charge >= 0.3 is 0 Å². The number of piperidine rings is 1. The minimum Gasteiger partial charge on any atom is -0.364 e. The van der Waals surface area contributed by atoms with Crippen molar-refractivity contribution in [2.45, 2.75) is 38.6 Å². The maximum absolute atomic E-state index is 11.2. The molecule has 3 rings (SSSR count). The van der Waals surface area contributed by atoms with Gasteiger partial charge in [-0.25, -0.2) is 0 Å². The molecule has 3 heterocycles. The maximum Gasteiger partial charge on any atom is 0.269 e. The number of hydrogen-bond donors (Lipinski definition) is 2. The summed E-state index contributed by atoms with van der Waals surface area (Å²) in [5.41, 5.74) is 6.49. The minimum atomic E-state index is -0.509. The zero-order valence-corrected chi connectivity index (χ0v) is 12.7. The van der Waals surface area contributed by atoms with Crippen LogP contribution in [0.5, 0.6) is 0 Å². The summed E-state index contributed by atoms with van der Waals surface area (Å²) in [6.07, 6.45) is 2.11. The first kappa shape index (κ1) is 14.7. The summed E-state index contributed by atoms with van der Waals surface area (Å²) in [5.74, 6) is 1.07. The van der Waals surface area contributed by atoms with E-state index in [-0.39, 0.29) is 11.7 Å². The number of primary amides is 1. The zero-order chi connectivity index (χ0) is 15.7. The number of nitrogens with one attached hydrogen (secondary N) is 1. The Hall–Kier alpha value is -2.22. The highest BCUT2D eigenvalue weighted by Crippen LogP contribution is 2.30. The first-order valence-electron chi connectivity index (χ1n) is 7.44. The number of carbonyl (C=O) groups is 1. The van der Waals surface area contributed by atoms with E-state index in [0.717, 1.165) is 31.6 Å². The Morgan fingerprint density at radius 2 is 2.41 bits per heavy atom. The quantitative estimate of drug-likeness (QED) is 0.875. The molecule has 1 aliphatic rings. The topological polar surface area (TPSA) is 114 Å². The predicted octanol–water partition coefficient (Wildman–Crippen LogP) is 1.14. The van der Waals surface area contributed by atoms with Gasteiger partial charge in [0.1, 0.15) is 5.69 Å². The summed E-state index contributed by atoms with van der Waals surface area (Å²) in [7, 11) is 0. The smallest absolute Gasteiger partial charge is 0.269 e. The Balaban J connectivity index is 1.72. The number of H-pyrrole nitrogens is 1. The fourth-order valence-corrected chi connectivity index (χ4v) is 2.92. The van der Waals surface area contributed by atoms with Gasteiger partial charge < -0.3 is 10.3 Å². The highest BCUT2D eigenvalue weighted by Gasteiger charge is 2.29. The molecule has 0 radical (unpaired) electrons. The number of nitrogens with zero attached hydrogens (tertiary/aromatic N) is 4. The van der Waals surface area contributed by atoms with Gasteiger partial charge in [0.25, 0.3) is 5.91 Å². The average molecular weight is 304 g/mol. The molecule has 118 valence electrons. The summed E-state index contributed by atoms with van der Waals surface area (Å²) in [6, 6.07) is 1.82. The van der Waals surface area contributed by atoms with Crippen molar-refractivity contribution in [1.29, 1.82) is 0 Å². The highest BCUT2D eigenvalue weighted by molar-refractivity contribution is 5.90. The molecule has 0 unspecified atom stereocenters. The number of amides is 1. The Bertz CT molecular complexity index is 664. The van der Waals surface area contributed by atoms with E-state index in [9.17, 15) is 4.79 Å². The van der Waals surface area contributed by atoms with E-state index in [4.69, 9.17) is 10.3 Å². The molecule has 22 heavy (non-hydrogen) atoms. The lowest BCUT2D eigenvalue weighted by Crippen LogP contribution is -2.36. The molecule has 1 fully saturated rings. The van der Waals surface area contributed by atoms with Gasteiger partial charge in [0.05, 0.1) is 6.04 Å². The molecule has 0 aliphatic carbocycles. The molecule has 1 saturated heterocycles. The van der Waals surface area contributed by atoms with Gasteiger partial charge in [-0.05, 0) is 39.3 Å². The van der Waals surface area contributed by atoms with E-state index in [2.05, 4.69) is 32.2 Å². The van der Waals surface area contributed by atoms with Crippen LogP contribution in [0.4, 0.5) is 0 Å². The molecule has 1 aliphatic heterocycles. The van der Waals surface area contributed by atoms with Crippen LogP contribution in [0.2, 0.25) is 0 Å². The van der Waals surface area contributed by atoms with Crippen LogP contribution in [0.15, 0.2) is 10.6 Å². The third-order valence-electron chi connectivity index (χ3n) is 4.19. The number of nitrogens with two attached hydrogens (primary N) is 1. The van der Waals surface area contributed by atoms with Gasteiger partial charge in [-0.1, -0.05) is 5.16 Å². The average Bonchev–Trinajstić information content (AvgIpc) is 3.15. The third-order valence-corrected chi connectivity index (χ3v) is 4.19. The molecule has 2 atom stereocenters. The Morgan fingerprint density at radius 1 is 1.59 bits per heavy atom. The second kappa shape index (κ2) is 5.88. The molecule has 0 spiro atoms. The number of hydrogen-bond acceptors (Lipinski definition) is 6. The van der Waals surface area contributed by atoms with E-state index < -0.39 is 5.91 Å². The monoisotopic (exact) mass is 304 g/mol. The van der Waals surface area contributed by atoms with Crippen molar-refractivity contribution in [3.05, 3.63) is 29.2 Å². The van der Waals surface area contributed by atoms with Gasteiger partial charge in [0.2, 0.25) is 5.89 Å². The second-order valence-electron chi connectivity index (χ2n) is 5.76. The molecular weight excluding hydrogens is 284 g/mol. The fourth-order valence-electron chi connectivity index (χ4n) is 2.92. The highest BCUT2D eigenvalue weighted by atomic mass is 16.5. The predicted molar refractivity (Wildman–Crippen MR) is 78.1 cm³/mol. The summed E-state index contributed by atoms with van der Waals surface area (Å²) < 4.78 is 5.27. The molecule has 1 amide bonds. The summed E-state index contributed by atoms with van der Waals surface area (Å²) in [6.45, 7) is 5.71. The Morgan fingerprint density at radius 3 is 3.05 bits per heavy atom. The van der Waals surface area contributed by atoms with Gasteiger partial charge in [0.15, 0.2) is 5.82 Å². The standard InChI is InChI=1S/C14H20N6O2/c1-8(14-16-9(2)19-22-14)20-5-3-4-10(7-20)11-6-12(13(15)21)18-17-11/h6,8,10H,3-5,7H2,1-2H3,(H2,15,21)(H,17,18)/t8-,10+/m0/s1. The lowest BCUT2D eigenvalue weighted by molar-refractivity contribution is 0.0995. The van der Waals surface area contributed by atoms with Crippen LogP contribution >= 0.6 is 0 Å². The van der Waals surface area contributed by atoms with Crippen molar-refractivity contribution in [1.82, 2.24) is 25.2 Å². The molecule has 2 aromatic rings. The number of aromatic nitrogens is 4. The molecular formula is C14H20N6O2. The van der Waals surface area contributed by atoms with E-state index in [0.29, 0.717) is 17.6 Å². The molecule has 3 N–H and O–H groups in total. The third kappa shape index (κ3) is 2.87. The van der Waals surface area contributed by atoms with Crippen LogP contribution in [0.3, 0.4) is 0 Å². The van der Waals surface area contributed by atoms with Gasteiger partial charge in [-0.2, -0.15) is 10.1 Å². The minimum absolute atomic E-state index is 0.0718. The van der Waals surface area contributed by atoms with Gasteiger partial charge in [-0.15, -0.1) is 0 Å². The molecule has 0 bridgehead atoms. The van der Waals surface area contributed by atoms with Crippen molar-refractivity contribution in [2.75, 3.05) is 13.1 Å². The van der Waals surface area contributed by atoms with Crippen molar-refractivity contribution in [3.8, 4) is 0 Å². The van der Waals surface area contributed by atoms with Crippen LogP contribution in [0.1, 0.15) is 59.6 Å². The van der Waals surface area contributed by atoms with E-state index in [1.807, 2.05) is 6.92 Å². The van der Waals surface area contributed by atoms with Crippen LogP contribution in [-0.2, 0) is 0 Å². The summed E-state index contributed by atoms with van der Waals surface area (Å²) in [4.78, 5) is 17.8. The fraction of sp³-hybridized carbons (Fsp3) is 0.571. The molecule has 8 heteroatoms. The lowest BCUT2D eigenvalue weighted by atomic mass is 9.93. The SMILES string of the molecule is Cc1noc([C@H](C)N2CCC[C@@H](c3cc(C(N)=O)n[nH]3)C2)n1. The van der Waals surface area contributed by atoms with Crippen LogP contribution in [-0.4, -0.2) is 44.2 Å². The normalized spacial score (nSPS) is 20.9. The number of aromatic amines is 1. The number of carbonyl (C=O) groups excluding carboxylic acids is 1. The summed E-state index contributed by atoms with van der Waals surface area (Å²) in [5, 5.41) is 10.7. The molecule has 8 nitrogen and oxygen atoms in total. The van der Waals surface area contributed by atoms with Crippen molar-refractivity contribution < 1.29 is 9.32 Å². The first-order chi connectivity index (χ1) is 10.5. The van der Waals surface area contributed by atoms with Crippen LogP contribution in [0, 0.1) is 6.92 Å². The molecule has 0 aromatic carbocycles. The molecule has 2 aromatic heterocycles. The largest absolute Gasteiger partial charge is 0.364 e. The van der Waals surface area contributed by atoms with Crippen molar-refractivity contribution in [3.63, 3.8) is 0 Å². The number of aryl methyl sites for hydroxylation is 1. The van der Waals surface area contributed by atoms with E-state index in [1.165, 1.54) is 0 Å². The van der Waals surface area contributed by atoms with Crippen LogP contribution in [0.25, 0.3) is 0 Å². The Labute approximate surface area is 128 Å². The zero-order valence-electron chi connectivity index (χ0n) is 12.7. The van der Waals surface area contributed by atoms with Crippen molar-refractivity contribution in [2.24, 2.45) is 5.73 Å². The van der Waals surface area contributed by atoms with Crippen molar-refractivity contribution >= 4 is 5.91 Å². The van der Waals surface area contributed by atoms with E-state index in [1.54, 1.807) is 6.07 Å². The molecule has 0 saturated carbocycles.